The molecule has 33 heavy (non-hydrogen) atoms. The van der Waals surface area contributed by atoms with E-state index in [0.717, 1.165) is 17.0 Å². The minimum absolute atomic E-state index is 0.0732. The zero-order chi connectivity index (χ0) is 23.5. The van der Waals surface area contributed by atoms with Gasteiger partial charge in [0.1, 0.15) is 17.6 Å². The number of carbonyl (C=O) groups excluding carboxylic acids is 1. The van der Waals surface area contributed by atoms with E-state index < -0.39 is 0 Å². The Kier molecular flexibility index (Phi) is 6.43. The number of benzene rings is 2. The van der Waals surface area contributed by atoms with Gasteiger partial charge in [-0.2, -0.15) is 10.4 Å². The van der Waals surface area contributed by atoms with Gasteiger partial charge in [0.2, 0.25) is 0 Å². The van der Waals surface area contributed by atoms with E-state index in [1.54, 1.807) is 23.9 Å². The summed E-state index contributed by atoms with van der Waals surface area (Å²) in [7, 11) is 1.61. The third-order valence-corrected chi connectivity index (χ3v) is 6.10. The summed E-state index contributed by atoms with van der Waals surface area (Å²) in [6.07, 6.45) is 0. The first kappa shape index (κ1) is 22.5. The van der Waals surface area contributed by atoms with E-state index in [1.165, 1.54) is 12.1 Å². The summed E-state index contributed by atoms with van der Waals surface area (Å²) >= 11 is 0. The number of rotatable bonds is 5. The summed E-state index contributed by atoms with van der Waals surface area (Å²) in [5, 5.41) is 14.3. The SMILES string of the molecule is COc1ccc(C(C#N)N2CCN(C(=O)c3c(C)nn(-c4ccc(F)cc4)c3C)CC2)cc1. The molecule has 1 aromatic heterocycles. The number of aryl methyl sites for hydroxylation is 1. The molecular formula is C25H26FN5O2. The molecule has 1 unspecified atom stereocenters. The Labute approximate surface area is 192 Å². The van der Waals surface area contributed by atoms with Gasteiger partial charge < -0.3 is 9.64 Å². The number of methoxy groups -OCH3 is 1. The Morgan fingerprint density at radius 2 is 1.70 bits per heavy atom. The Hall–Kier alpha value is -3.70. The first-order chi connectivity index (χ1) is 15.9. The highest BCUT2D eigenvalue weighted by Crippen LogP contribution is 2.25. The normalized spacial score (nSPS) is 15.2. The minimum Gasteiger partial charge on any atom is -0.497 e. The molecule has 1 aliphatic heterocycles. The highest BCUT2D eigenvalue weighted by molar-refractivity contribution is 5.96. The summed E-state index contributed by atoms with van der Waals surface area (Å²) in [5.74, 6) is 0.355. The molecule has 2 aromatic carbocycles. The average Bonchev–Trinajstić information content (AvgIpc) is 3.14. The second-order valence-electron chi connectivity index (χ2n) is 8.07. The number of nitrogens with zero attached hydrogens (tertiary/aromatic N) is 5. The van der Waals surface area contributed by atoms with E-state index in [4.69, 9.17) is 4.74 Å². The Morgan fingerprint density at radius 1 is 1.06 bits per heavy atom. The quantitative estimate of drug-likeness (QED) is 0.597. The largest absolute Gasteiger partial charge is 0.497 e. The van der Waals surface area contributed by atoms with Crippen molar-refractivity contribution in [2.75, 3.05) is 33.3 Å². The van der Waals surface area contributed by atoms with Gasteiger partial charge in [0.15, 0.2) is 0 Å². The summed E-state index contributed by atoms with van der Waals surface area (Å²) in [6.45, 7) is 5.90. The molecule has 0 bridgehead atoms. The van der Waals surface area contributed by atoms with Crippen LogP contribution in [0.5, 0.6) is 5.75 Å². The molecule has 3 aromatic rings. The standard InChI is InChI=1S/C25H26FN5O2/c1-17-24(18(2)31(28-17)21-8-6-20(26)7-9-21)25(32)30-14-12-29(13-15-30)23(16-27)19-4-10-22(33-3)11-5-19/h4-11,23H,12-15H2,1-3H3. The van der Waals surface area contributed by atoms with Crippen molar-refractivity contribution in [2.45, 2.75) is 19.9 Å². The lowest BCUT2D eigenvalue weighted by atomic mass is 10.0. The van der Waals surface area contributed by atoms with Gasteiger partial charge in [0.05, 0.1) is 35.8 Å². The number of amides is 1. The fourth-order valence-electron chi connectivity index (χ4n) is 4.28. The number of ether oxygens (including phenoxy) is 1. The molecule has 1 aliphatic rings. The number of hydrogen-bond acceptors (Lipinski definition) is 5. The number of halogens is 1. The fourth-order valence-corrected chi connectivity index (χ4v) is 4.28. The summed E-state index contributed by atoms with van der Waals surface area (Å²) in [4.78, 5) is 17.2. The lowest BCUT2D eigenvalue weighted by Crippen LogP contribution is -2.49. The summed E-state index contributed by atoms with van der Waals surface area (Å²) < 4.78 is 20.2. The van der Waals surface area contributed by atoms with Crippen molar-refractivity contribution < 1.29 is 13.9 Å². The number of piperazine rings is 1. The summed E-state index contributed by atoms with van der Waals surface area (Å²) in [6, 6.07) is 15.6. The van der Waals surface area contributed by atoms with Gasteiger partial charge >= 0.3 is 0 Å². The second kappa shape index (κ2) is 9.43. The maximum Gasteiger partial charge on any atom is 0.257 e. The molecule has 1 saturated heterocycles. The predicted octanol–water partition coefficient (Wildman–Crippen LogP) is 3.66. The number of aromatic nitrogens is 2. The zero-order valence-corrected chi connectivity index (χ0v) is 19.0. The van der Waals surface area contributed by atoms with Crippen LogP contribution in [0.15, 0.2) is 48.5 Å². The average molecular weight is 448 g/mol. The maximum atomic E-state index is 13.3. The van der Waals surface area contributed by atoms with Gasteiger partial charge in [-0.05, 0) is 55.8 Å². The first-order valence-corrected chi connectivity index (χ1v) is 10.8. The van der Waals surface area contributed by atoms with Gasteiger partial charge in [0.25, 0.3) is 5.91 Å². The molecule has 2 heterocycles. The molecule has 8 heteroatoms. The minimum atomic E-state index is -0.377. The van der Waals surface area contributed by atoms with Crippen LogP contribution in [-0.4, -0.2) is 58.8 Å². The van der Waals surface area contributed by atoms with E-state index >= 15 is 0 Å². The number of nitriles is 1. The van der Waals surface area contributed by atoms with E-state index in [1.807, 2.05) is 43.0 Å². The molecule has 0 radical (unpaired) electrons. The van der Waals surface area contributed by atoms with E-state index in [2.05, 4.69) is 16.1 Å². The van der Waals surface area contributed by atoms with Crippen molar-refractivity contribution >= 4 is 5.91 Å². The highest BCUT2D eigenvalue weighted by atomic mass is 19.1. The number of carbonyl (C=O) groups is 1. The predicted molar refractivity (Wildman–Crippen MR) is 122 cm³/mol. The number of hydrogen-bond donors (Lipinski definition) is 0. The smallest absolute Gasteiger partial charge is 0.257 e. The van der Waals surface area contributed by atoms with Crippen LogP contribution in [0, 0.1) is 31.0 Å². The molecule has 0 spiro atoms. The van der Waals surface area contributed by atoms with Crippen molar-refractivity contribution in [1.82, 2.24) is 19.6 Å². The molecule has 0 N–H and O–H groups in total. The molecule has 170 valence electrons. The van der Waals surface area contributed by atoms with Crippen LogP contribution < -0.4 is 4.74 Å². The van der Waals surface area contributed by atoms with Crippen molar-refractivity contribution in [1.29, 1.82) is 5.26 Å². The Balaban J connectivity index is 1.47. The van der Waals surface area contributed by atoms with Crippen molar-refractivity contribution in [2.24, 2.45) is 0 Å². The topological polar surface area (TPSA) is 74.4 Å². The Morgan fingerprint density at radius 3 is 2.27 bits per heavy atom. The van der Waals surface area contributed by atoms with Gasteiger partial charge in [-0.25, -0.2) is 9.07 Å². The van der Waals surface area contributed by atoms with Crippen molar-refractivity contribution in [3.8, 4) is 17.5 Å². The molecular weight excluding hydrogens is 421 g/mol. The maximum absolute atomic E-state index is 13.3. The van der Waals surface area contributed by atoms with Crippen LogP contribution in [0.25, 0.3) is 5.69 Å². The van der Waals surface area contributed by atoms with Crippen LogP contribution in [0.3, 0.4) is 0 Å². The van der Waals surface area contributed by atoms with E-state index in [-0.39, 0.29) is 17.8 Å². The third kappa shape index (κ3) is 4.45. The van der Waals surface area contributed by atoms with Crippen LogP contribution in [0.1, 0.15) is 33.4 Å². The lowest BCUT2D eigenvalue weighted by molar-refractivity contribution is 0.0605. The lowest BCUT2D eigenvalue weighted by Gasteiger charge is -2.37. The molecule has 0 aliphatic carbocycles. The van der Waals surface area contributed by atoms with Crippen molar-refractivity contribution in [3.05, 3.63) is 76.9 Å². The van der Waals surface area contributed by atoms with Crippen LogP contribution >= 0.6 is 0 Å². The molecule has 1 atom stereocenters. The van der Waals surface area contributed by atoms with Gasteiger partial charge in [-0.1, -0.05) is 12.1 Å². The van der Waals surface area contributed by atoms with Gasteiger partial charge in [0, 0.05) is 26.2 Å². The van der Waals surface area contributed by atoms with Gasteiger partial charge in [-0.15, -0.1) is 0 Å². The molecule has 1 fully saturated rings. The Bertz CT molecular complexity index is 1170. The molecule has 1 amide bonds. The monoisotopic (exact) mass is 447 g/mol. The van der Waals surface area contributed by atoms with Gasteiger partial charge in [-0.3, -0.25) is 9.69 Å². The first-order valence-electron chi connectivity index (χ1n) is 10.8. The highest BCUT2D eigenvalue weighted by Gasteiger charge is 2.30. The van der Waals surface area contributed by atoms with Crippen LogP contribution in [0.4, 0.5) is 4.39 Å². The second-order valence-corrected chi connectivity index (χ2v) is 8.07. The van der Waals surface area contributed by atoms with E-state index in [0.29, 0.717) is 43.1 Å². The molecule has 4 rings (SSSR count). The zero-order valence-electron chi connectivity index (χ0n) is 19.0. The molecule has 7 nitrogen and oxygen atoms in total. The molecule has 0 saturated carbocycles. The van der Waals surface area contributed by atoms with Crippen molar-refractivity contribution in [3.63, 3.8) is 0 Å². The van der Waals surface area contributed by atoms with Crippen LogP contribution in [-0.2, 0) is 0 Å². The fraction of sp³-hybridized carbons (Fsp3) is 0.320. The van der Waals surface area contributed by atoms with E-state index in [9.17, 15) is 14.4 Å². The third-order valence-electron chi connectivity index (χ3n) is 6.10. The summed E-state index contributed by atoms with van der Waals surface area (Å²) in [5.41, 5.74) is 3.54. The van der Waals surface area contributed by atoms with Crippen LogP contribution in [0.2, 0.25) is 0 Å².